The van der Waals surface area contributed by atoms with Gasteiger partial charge in [0.1, 0.15) is 18.2 Å². The normalized spacial score (nSPS) is 21.0. The van der Waals surface area contributed by atoms with E-state index >= 15 is 0 Å². The maximum absolute atomic E-state index is 14.8. The van der Waals surface area contributed by atoms with Gasteiger partial charge in [0.25, 0.3) is 0 Å². The summed E-state index contributed by atoms with van der Waals surface area (Å²) in [6.45, 7) is 2.47. The molecule has 0 radical (unpaired) electrons. The largest absolute Gasteiger partial charge is 0.478 e. The second-order valence-electron chi connectivity index (χ2n) is 11.3. The molecule has 1 saturated carbocycles. The summed E-state index contributed by atoms with van der Waals surface area (Å²) in [6.07, 6.45) is 4.77. The Balaban J connectivity index is 1.07. The fraction of sp³-hybridized carbons (Fsp3) is 0.400. The summed E-state index contributed by atoms with van der Waals surface area (Å²) in [4.78, 5) is 26.7. The van der Waals surface area contributed by atoms with Gasteiger partial charge >= 0.3 is 12.0 Å². The van der Waals surface area contributed by atoms with Gasteiger partial charge in [-0.15, -0.1) is 0 Å². The second-order valence-corrected chi connectivity index (χ2v) is 11.8. The molecule has 2 aliphatic heterocycles. The number of carbonyl (C=O) groups is 1. The highest BCUT2D eigenvalue weighted by atomic mass is 35.5. The van der Waals surface area contributed by atoms with Gasteiger partial charge in [0.05, 0.1) is 35.4 Å². The Morgan fingerprint density at radius 1 is 1.14 bits per heavy atom. The van der Waals surface area contributed by atoms with E-state index in [0.717, 1.165) is 55.3 Å². The van der Waals surface area contributed by atoms with E-state index in [-0.39, 0.29) is 46.5 Å². The number of hydrogen-bond donors (Lipinski definition) is 1. The maximum Gasteiger partial charge on any atom is 0.335 e. The van der Waals surface area contributed by atoms with Crippen LogP contribution in [-0.2, 0) is 17.9 Å². The highest BCUT2D eigenvalue weighted by Gasteiger charge is 2.57. The molecule has 4 aromatic rings. The highest BCUT2D eigenvalue weighted by molar-refractivity contribution is 6.30. The van der Waals surface area contributed by atoms with Crippen molar-refractivity contribution in [2.75, 3.05) is 24.6 Å². The van der Waals surface area contributed by atoms with Crippen LogP contribution in [0.4, 0.5) is 14.6 Å². The smallest absolute Gasteiger partial charge is 0.335 e. The van der Waals surface area contributed by atoms with Gasteiger partial charge < -0.3 is 24.0 Å². The topological polar surface area (TPSA) is 103 Å². The van der Waals surface area contributed by atoms with Crippen molar-refractivity contribution in [2.24, 2.45) is 5.41 Å². The number of benzene rings is 2. The number of carboxylic acid groups (broad SMARTS) is 1. The van der Waals surface area contributed by atoms with Crippen LogP contribution in [0.5, 0.6) is 6.01 Å². The first-order valence-corrected chi connectivity index (χ1v) is 14.4. The minimum absolute atomic E-state index is 0.0296. The monoisotopic (exact) mass is 595 g/mol. The standard InChI is InChI=1S/C30H28ClF2N5O4/c31-19-3-1-18(22(32)12-19)16-42-29-34-14-23(33)27(36-29)37-8-6-30(7-9-37)13-21(30)26-35-24-4-2-17(28(39)40)11-25(24)38(26)15-20-5-10-41-20/h1-4,11-12,14,20-21H,5-10,13,15-16H2,(H,39,40)/t20-,21-/m1/s1. The number of nitrogens with zero attached hydrogens (tertiary/aromatic N) is 5. The first-order chi connectivity index (χ1) is 20.3. The van der Waals surface area contributed by atoms with E-state index in [1.165, 1.54) is 12.1 Å². The Bertz CT molecular complexity index is 1690. The molecule has 2 saturated heterocycles. The molecule has 0 bridgehead atoms. The van der Waals surface area contributed by atoms with E-state index in [2.05, 4.69) is 14.5 Å². The van der Waals surface area contributed by atoms with Gasteiger partial charge in [-0.05, 0) is 61.4 Å². The zero-order chi connectivity index (χ0) is 29.0. The predicted molar refractivity (Wildman–Crippen MR) is 150 cm³/mol. The Kier molecular flexibility index (Phi) is 6.73. The Morgan fingerprint density at radius 2 is 1.95 bits per heavy atom. The van der Waals surface area contributed by atoms with Crippen molar-refractivity contribution in [3.05, 3.63) is 76.2 Å². The van der Waals surface area contributed by atoms with Gasteiger partial charge in [-0.3, -0.25) is 0 Å². The molecule has 2 atom stereocenters. The average molecular weight is 596 g/mol. The van der Waals surface area contributed by atoms with Gasteiger partial charge in [-0.2, -0.15) is 4.98 Å². The molecule has 3 fully saturated rings. The maximum atomic E-state index is 14.8. The minimum Gasteiger partial charge on any atom is -0.478 e. The van der Waals surface area contributed by atoms with E-state index in [1.54, 1.807) is 24.3 Å². The summed E-state index contributed by atoms with van der Waals surface area (Å²) in [6, 6.07) is 9.33. The Hall–Kier alpha value is -3.83. The van der Waals surface area contributed by atoms with E-state index in [9.17, 15) is 18.7 Å². The first kappa shape index (κ1) is 27.0. The molecular formula is C30H28ClF2N5O4. The van der Waals surface area contributed by atoms with Crippen molar-refractivity contribution in [2.45, 2.75) is 50.9 Å². The fourth-order valence-corrected chi connectivity index (χ4v) is 6.37. The van der Waals surface area contributed by atoms with Crippen LogP contribution in [0.1, 0.15) is 53.3 Å². The molecule has 0 unspecified atom stereocenters. The number of aromatic carboxylic acids is 1. The molecule has 42 heavy (non-hydrogen) atoms. The molecular weight excluding hydrogens is 568 g/mol. The number of anilines is 1. The molecule has 218 valence electrons. The van der Waals surface area contributed by atoms with Crippen LogP contribution in [0.15, 0.2) is 42.6 Å². The third-order valence-electron chi connectivity index (χ3n) is 8.84. The molecule has 9 nitrogen and oxygen atoms in total. The van der Waals surface area contributed by atoms with Crippen LogP contribution in [0.3, 0.4) is 0 Å². The van der Waals surface area contributed by atoms with Crippen molar-refractivity contribution >= 4 is 34.4 Å². The van der Waals surface area contributed by atoms with Crippen molar-refractivity contribution in [1.29, 1.82) is 0 Å². The summed E-state index contributed by atoms with van der Waals surface area (Å²) < 4.78 is 42.4. The van der Waals surface area contributed by atoms with E-state index in [4.69, 9.17) is 26.1 Å². The zero-order valence-electron chi connectivity index (χ0n) is 22.6. The van der Waals surface area contributed by atoms with Gasteiger partial charge in [0, 0.05) is 36.2 Å². The first-order valence-electron chi connectivity index (χ1n) is 14.0. The summed E-state index contributed by atoms with van der Waals surface area (Å²) in [5.41, 5.74) is 2.16. The van der Waals surface area contributed by atoms with Crippen molar-refractivity contribution in [3.8, 4) is 6.01 Å². The van der Waals surface area contributed by atoms with E-state index in [0.29, 0.717) is 25.2 Å². The van der Waals surface area contributed by atoms with Crippen LogP contribution < -0.4 is 9.64 Å². The number of rotatable bonds is 8. The predicted octanol–water partition coefficient (Wildman–Crippen LogP) is 5.60. The SMILES string of the molecule is O=C(O)c1ccc2nc([C@H]3CC34CCN(c3nc(OCc5ccc(Cl)cc5F)ncc3F)CC4)n(C[C@H]3CCO3)c2c1. The number of halogens is 3. The number of carboxylic acids is 1. The number of imidazole rings is 1. The van der Waals surface area contributed by atoms with Crippen molar-refractivity contribution in [1.82, 2.24) is 19.5 Å². The second kappa shape index (κ2) is 10.5. The summed E-state index contributed by atoms with van der Waals surface area (Å²) in [5.74, 6) is -0.650. The number of ether oxygens (including phenoxy) is 2. The van der Waals surface area contributed by atoms with Crippen LogP contribution >= 0.6 is 11.6 Å². The molecule has 7 rings (SSSR count). The third kappa shape index (κ3) is 4.94. The Morgan fingerprint density at radius 3 is 2.67 bits per heavy atom. The van der Waals surface area contributed by atoms with Crippen LogP contribution in [0, 0.1) is 17.0 Å². The molecule has 4 heterocycles. The average Bonchev–Trinajstić information content (AvgIpc) is 3.52. The molecule has 0 amide bonds. The summed E-state index contributed by atoms with van der Waals surface area (Å²) in [7, 11) is 0. The zero-order valence-corrected chi connectivity index (χ0v) is 23.4. The lowest BCUT2D eigenvalue weighted by molar-refractivity contribution is -0.0590. The lowest BCUT2D eigenvalue weighted by Crippen LogP contribution is -2.36. The highest BCUT2D eigenvalue weighted by Crippen LogP contribution is 2.65. The van der Waals surface area contributed by atoms with Crippen molar-refractivity contribution < 1.29 is 28.2 Å². The number of hydrogen-bond acceptors (Lipinski definition) is 7. The van der Waals surface area contributed by atoms with Crippen LogP contribution in [0.25, 0.3) is 11.0 Å². The lowest BCUT2D eigenvalue weighted by atomic mass is 9.90. The minimum atomic E-state index is -0.969. The molecule has 1 N–H and O–H groups in total. The molecule has 1 aliphatic carbocycles. The van der Waals surface area contributed by atoms with E-state index in [1.807, 2.05) is 4.90 Å². The van der Waals surface area contributed by atoms with Gasteiger partial charge in [0.2, 0.25) is 0 Å². The van der Waals surface area contributed by atoms with Crippen molar-refractivity contribution in [3.63, 3.8) is 0 Å². The van der Waals surface area contributed by atoms with Crippen LogP contribution in [0.2, 0.25) is 5.02 Å². The number of piperidine rings is 1. The molecule has 12 heteroatoms. The number of aromatic nitrogens is 4. The quantitative estimate of drug-likeness (QED) is 0.281. The van der Waals surface area contributed by atoms with Gasteiger partial charge in [-0.1, -0.05) is 17.7 Å². The van der Waals surface area contributed by atoms with Gasteiger partial charge in [-0.25, -0.2) is 23.5 Å². The molecule has 3 aliphatic rings. The van der Waals surface area contributed by atoms with Crippen LogP contribution in [-0.4, -0.2) is 56.4 Å². The molecule has 2 aromatic heterocycles. The number of fused-ring (bicyclic) bond motifs is 1. The fourth-order valence-electron chi connectivity index (χ4n) is 6.21. The van der Waals surface area contributed by atoms with E-state index < -0.39 is 17.6 Å². The lowest BCUT2D eigenvalue weighted by Gasteiger charge is -2.34. The Labute approximate surface area is 245 Å². The molecule has 1 spiro atoms. The summed E-state index contributed by atoms with van der Waals surface area (Å²) >= 11 is 5.82. The molecule has 2 aromatic carbocycles. The van der Waals surface area contributed by atoms with Gasteiger partial charge in [0.15, 0.2) is 11.6 Å². The third-order valence-corrected chi connectivity index (χ3v) is 9.07. The summed E-state index contributed by atoms with van der Waals surface area (Å²) in [5, 5.41) is 9.82.